The maximum atomic E-state index is 13.1. The second kappa shape index (κ2) is 12.3. The van der Waals surface area contributed by atoms with Gasteiger partial charge in [-0.15, -0.1) is 0 Å². The first-order valence-electron chi connectivity index (χ1n) is 14.1. The summed E-state index contributed by atoms with van der Waals surface area (Å²) in [7, 11) is 0. The van der Waals surface area contributed by atoms with Gasteiger partial charge in [0.25, 0.3) is 5.91 Å². The number of nitrogens with zero attached hydrogens (tertiary/aromatic N) is 4. The summed E-state index contributed by atoms with van der Waals surface area (Å²) >= 11 is 6.89. The van der Waals surface area contributed by atoms with Gasteiger partial charge in [0.15, 0.2) is 5.82 Å². The zero-order valence-electron chi connectivity index (χ0n) is 23.7. The van der Waals surface area contributed by atoms with Crippen LogP contribution in [0.5, 0.6) is 0 Å². The Hall–Kier alpha value is -4.63. The number of likely N-dealkylation sites (tertiary alicyclic amines) is 1. The molecular weight excluding hydrogens is 560 g/mol. The van der Waals surface area contributed by atoms with Gasteiger partial charge in [-0.2, -0.15) is 0 Å². The van der Waals surface area contributed by atoms with E-state index in [4.69, 9.17) is 11.6 Å². The van der Waals surface area contributed by atoms with E-state index >= 15 is 0 Å². The van der Waals surface area contributed by atoms with Crippen molar-refractivity contribution in [1.29, 1.82) is 0 Å². The first-order valence-corrected chi connectivity index (χ1v) is 14.5. The van der Waals surface area contributed by atoms with E-state index in [0.29, 0.717) is 35.3 Å². The highest BCUT2D eigenvalue weighted by Gasteiger charge is 2.20. The van der Waals surface area contributed by atoms with Crippen LogP contribution < -0.4 is 10.6 Å². The van der Waals surface area contributed by atoms with E-state index in [2.05, 4.69) is 37.1 Å². The summed E-state index contributed by atoms with van der Waals surface area (Å²) in [6, 6.07) is 19.1. The number of hydrogen-bond donors (Lipinski definition) is 3. The standard InChI is InChI=1S/C34H31ClN6O2/c1-3-22-16-24-12-14-36-33(32(24)38-17-22)39-28-8-4-6-26(21(28)2)27-7-5-9-29(31(27)35)40-34(43)30-11-10-23(18-37-30)19-41-15-13-25(42)20-41/h3-12,14,16-18,25,42H,1,13,15,19-20H2,2H3,(H,36,39)(H,40,43). The molecule has 9 heteroatoms. The lowest BCUT2D eigenvalue weighted by Gasteiger charge is -2.17. The average Bonchev–Trinajstić information content (AvgIpc) is 3.43. The van der Waals surface area contributed by atoms with Crippen molar-refractivity contribution in [3.8, 4) is 11.1 Å². The number of aliphatic hydroxyl groups excluding tert-OH is 1. The molecule has 0 aliphatic carbocycles. The topological polar surface area (TPSA) is 103 Å². The second-order valence-corrected chi connectivity index (χ2v) is 11.0. The Labute approximate surface area is 255 Å². The van der Waals surface area contributed by atoms with Crippen molar-refractivity contribution in [2.75, 3.05) is 23.7 Å². The number of rotatable bonds is 8. The summed E-state index contributed by atoms with van der Waals surface area (Å²) in [5.74, 6) is 0.306. The van der Waals surface area contributed by atoms with Gasteiger partial charge in [0.05, 0.1) is 16.8 Å². The number of fused-ring (bicyclic) bond motifs is 1. The van der Waals surface area contributed by atoms with E-state index in [1.54, 1.807) is 36.8 Å². The minimum Gasteiger partial charge on any atom is -0.392 e. The molecule has 0 saturated carbocycles. The van der Waals surface area contributed by atoms with Crippen molar-refractivity contribution in [1.82, 2.24) is 19.9 Å². The molecule has 1 unspecified atom stereocenters. The maximum absolute atomic E-state index is 13.1. The van der Waals surface area contributed by atoms with Gasteiger partial charge in [-0.1, -0.05) is 54.6 Å². The van der Waals surface area contributed by atoms with Crippen LogP contribution in [0.3, 0.4) is 0 Å². The quantitative estimate of drug-likeness (QED) is 0.181. The predicted octanol–water partition coefficient (Wildman–Crippen LogP) is 6.86. The number of β-amino-alcohol motifs (C(OH)–C–C–N with tert-alkyl or cyclic N) is 1. The summed E-state index contributed by atoms with van der Waals surface area (Å²) in [5, 5.41) is 17.5. The van der Waals surface area contributed by atoms with Gasteiger partial charge in [-0.05, 0) is 65.9 Å². The van der Waals surface area contributed by atoms with Crippen LogP contribution in [-0.4, -0.2) is 50.1 Å². The van der Waals surface area contributed by atoms with Crippen molar-refractivity contribution < 1.29 is 9.90 Å². The fourth-order valence-electron chi connectivity index (χ4n) is 5.36. The van der Waals surface area contributed by atoms with Gasteiger partial charge in [0, 0.05) is 54.9 Å². The number of nitrogens with one attached hydrogen (secondary N) is 2. The van der Waals surface area contributed by atoms with Crippen molar-refractivity contribution in [2.24, 2.45) is 0 Å². The number of amides is 1. The molecule has 1 amide bonds. The molecule has 6 rings (SSSR count). The maximum Gasteiger partial charge on any atom is 0.274 e. The first kappa shape index (κ1) is 28.5. The Morgan fingerprint density at radius 2 is 1.88 bits per heavy atom. The Bertz CT molecular complexity index is 1820. The number of benzene rings is 2. The van der Waals surface area contributed by atoms with Crippen molar-refractivity contribution in [3.63, 3.8) is 0 Å². The summed E-state index contributed by atoms with van der Waals surface area (Å²) < 4.78 is 0. The fourth-order valence-corrected chi connectivity index (χ4v) is 5.63. The number of pyridine rings is 3. The molecule has 216 valence electrons. The van der Waals surface area contributed by atoms with E-state index in [1.165, 1.54) is 0 Å². The highest BCUT2D eigenvalue weighted by molar-refractivity contribution is 6.36. The number of anilines is 3. The van der Waals surface area contributed by atoms with Crippen LogP contribution in [0.2, 0.25) is 5.02 Å². The molecule has 5 aromatic rings. The molecule has 1 aliphatic rings. The summed E-state index contributed by atoms with van der Waals surface area (Å²) in [4.78, 5) is 28.8. The Morgan fingerprint density at radius 3 is 2.63 bits per heavy atom. The molecule has 43 heavy (non-hydrogen) atoms. The van der Waals surface area contributed by atoms with E-state index in [9.17, 15) is 9.90 Å². The van der Waals surface area contributed by atoms with E-state index in [0.717, 1.165) is 57.4 Å². The average molecular weight is 591 g/mol. The smallest absolute Gasteiger partial charge is 0.274 e. The predicted molar refractivity (Wildman–Crippen MR) is 173 cm³/mol. The van der Waals surface area contributed by atoms with Gasteiger partial charge in [0.2, 0.25) is 0 Å². The van der Waals surface area contributed by atoms with Crippen molar-refractivity contribution >= 4 is 51.7 Å². The highest BCUT2D eigenvalue weighted by Crippen LogP contribution is 2.38. The van der Waals surface area contributed by atoms with Gasteiger partial charge >= 0.3 is 0 Å². The molecular formula is C34H31ClN6O2. The number of aromatic nitrogens is 3. The lowest BCUT2D eigenvalue weighted by Crippen LogP contribution is -2.21. The molecule has 1 saturated heterocycles. The van der Waals surface area contributed by atoms with Crippen LogP contribution in [-0.2, 0) is 6.54 Å². The second-order valence-electron chi connectivity index (χ2n) is 10.7. The zero-order chi connectivity index (χ0) is 29.9. The molecule has 3 aromatic heterocycles. The van der Waals surface area contributed by atoms with Crippen LogP contribution >= 0.6 is 11.6 Å². The third kappa shape index (κ3) is 6.12. The van der Waals surface area contributed by atoms with Crippen LogP contribution in [0, 0.1) is 6.92 Å². The van der Waals surface area contributed by atoms with Crippen molar-refractivity contribution in [3.05, 3.63) is 113 Å². The van der Waals surface area contributed by atoms with Gasteiger partial charge in [-0.25, -0.2) is 4.98 Å². The van der Waals surface area contributed by atoms with Crippen LogP contribution in [0.4, 0.5) is 17.2 Å². The number of halogens is 1. The Morgan fingerprint density at radius 1 is 1.07 bits per heavy atom. The van der Waals surface area contributed by atoms with Gasteiger partial charge in [0.1, 0.15) is 11.2 Å². The number of hydrogen-bond acceptors (Lipinski definition) is 7. The molecule has 1 atom stereocenters. The lowest BCUT2D eigenvalue weighted by molar-refractivity contribution is 0.102. The van der Waals surface area contributed by atoms with Crippen LogP contribution in [0.25, 0.3) is 28.1 Å². The summed E-state index contributed by atoms with van der Waals surface area (Å²) in [5.41, 5.74) is 7.03. The lowest BCUT2D eigenvalue weighted by atomic mass is 9.98. The zero-order valence-corrected chi connectivity index (χ0v) is 24.5. The Kier molecular flexibility index (Phi) is 8.16. The molecule has 1 aliphatic heterocycles. The fraction of sp³-hybridized carbons (Fsp3) is 0.176. The molecule has 4 heterocycles. The molecule has 2 aromatic carbocycles. The monoisotopic (exact) mass is 590 g/mol. The van der Waals surface area contributed by atoms with Crippen LogP contribution in [0.15, 0.2) is 85.8 Å². The molecule has 0 radical (unpaired) electrons. The van der Waals surface area contributed by atoms with Gasteiger partial charge < -0.3 is 15.7 Å². The molecule has 0 spiro atoms. The highest BCUT2D eigenvalue weighted by atomic mass is 35.5. The molecule has 0 bridgehead atoms. The third-order valence-electron chi connectivity index (χ3n) is 7.69. The minimum absolute atomic E-state index is 0.272. The molecule has 3 N–H and O–H groups in total. The largest absolute Gasteiger partial charge is 0.392 e. The number of carbonyl (C=O) groups is 1. The van der Waals surface area contributed by atoms with Gasteiger partial charge in [-0.3, -0.25) is 19.7 Å². The summed E-state index contributed by atoms with van der Waals surface area (Å²) in [6.45, 7) is 8.04. The molecule has 1 fully saturated rings. The van der Waals surface area contributed by atoms with E-state index in [-0.39, 0.29) is 12.0 Å². The SMILES string of the molecule is C=Cc1cnc2c(Nc3cccc(-c4cccc(NC(=O)c5ccc(CN6CCC(O)C6)cn5)c4Cl)c3C)nccc2c1. The minimum atomic E-state index is -0.344. The van der Waals surface area contributed by atoms with Crippen molar-refractivity contribution in [2.45, 2.75) is 26.0 Å². The van der Waals surface area contributed by atoms with Crippen LogP contribution in [0.1, 0.15) is 33.6 Å². The number of carbonyl (C=O) groups excluding carboxylic acids is 1. The van der Waals surface area contributed by atoms with E-state index < -0.39 is 0 Å². The third-order valence-corrected chi connectivity index (χ3v) is 8.10. The summed E-state index contributed by atoms with van der Waals surface area (Å²) in [6.07, 6.45) is 7.51. The normalized spacial score (nSPS) is 15.0. The molecule has 8 nitrogen and oxygen atoms in total. The first-order chi connectivity index (χ1) is 20.9. The number of aliphatic hydroxyl groups is 1. The van der Waals surface area contributed by atoms with E-state index in [1.807, 2.05) is 55.5 Å². The Balaban J connectivity index is 1.21.